The summed E-state index contributed by atoms with van der Waals surface area (Å²) in [6.07, 6.45) is 1.39. The molecule has 2 heterocycles. The largest absolute Gasteiger partial charge is 0.304 e. The van der Waals surface area contributed by atoms with Gasteiger partial charge in [-0.2, -0.15) is 0 Å². The molecule has 0 aromatic carbocycles. The second-order valence-corrected chi connectivity index (χ2v) is 5.54. The molecule has 0 N–H and O–H groups in total. The Morgan fingerprint density at radius 2 is 1.73 bits per heavy atom. The maximum absolute atomic E-state index is 2.64. The number of hydrogen-bond acceptors (Lipinski definition) is 3. The van der Waals surface area contributed by atoms with E-state index in [0.29, 0.717) is 0 Å². The smallest absolute Gasteiger partial charge is 0.0223 e. The van der Waals surface area contributed by atoms with Crippen LogP contribution in [0.3, 0.4) is 0 Å². The molecule has 2 fully saturated rings. The van der Waals surface area contributed by atoms with Crippen LogP contribution >= 0.6 is 0 Å². The van der Waals surface area contributed by atoms with Crippen molar-refractivity contribution < 1.29 is 0 Å². The molecule has 0 radical (unpaired) electrons. The molecular formula is C12H25N3. The van der Waals surface area contributed by atoms with E-state index in [1.807, 2.05) is 0 Å². The van der Waals surface area contributed by atoms with Crippen molar-refractivity contribution in [1.29, 1.82) is 0 Å². The lowest BCUT2D eigenvalue weighted by Crippen LogP contribution is -2.48. The highest BCUT2D eigenvalue weighted by Gasteiger charge is 2.28. The Balaban J connectivity index is 1.77. The van der Waals surface area contributed by atoms with Gasteiger partial charge in [0, 0.05) is 45.3 Å². The third-order valence-corrected chi connectivity index (χ3v) is 3.96. The van der Waals surface area contributed by atoms with Gasteiger partial charge in [0.25, 0.3) is 0 Å². The van der Waals surface area contributed by atoms with Gasteiger partial charge in [-0.3, -0.25) is 4.90 Å². The van der Waals surface area contributed by atoms with Gasteiger partial charge in [-0.15, -0.1) is 0 Å². The Labute approximate surface area is 94.0 Å². The molecule has 15 heavy (non-hydrogen) atoms. The Kier molecular flexibility index (Phi) is 3.65. The lowest BCUT2D eigenvalue weighted by Gasteiger charge is -2.35. The maximum atomic E-state index is 2.64. The summed E-state index contributed by atoms with van der Waals surface area (Å²) in [5, 5.41) is 0. The minimum absolute atomic E-state index is 0.809. The van der Waals surface area contributed by atoms with Crippen molar-refractivity contribution in [3.63, 3.8) is 0 Å². The van der Waals surface area contributed by atoms with Gasteiger partial charge in [-0.05, 0) is 26.4 Å². The molecule has 0 aromatic heterocycles. The number of piperazine rings is 1. The second kappa shape index (κ2) is 4.81. The van der Waals surface area contributed by atoms with E-state index >= 15 is 0 Å². The third-order valence-electron chi connectivity index (χ3n) is 3.96. The number of hydrogen-bond donors (Lipinski definition) is 0. The van der Waals surface area contributed by atoms with E-state index in [1.165, 1.54) is 45.7 Å². The molecule has 2 aliphatic rings. The van der Waals surface area contributed by atoms with Crippen molar-refractivity contribution in [2.24, 2.45) is 5.92 Å². The normalized spacial score (nSPS) is 36.2. The summed E-state index contributed by atoms with van der Waals surface area (Å²) in [6, 6.07) is 0.809. The Hall–Kier alpha value is -0.120. The van der Waals surface area contributed by atoms with Crippen molar-refractivity contribution >= 4 is 0 Å². The summed E-state index contributed by atoms with van der Waals surface area (Å²) in [4.78, 5) is 7.61. The van der Waals surface area contributed by atoms with Crippen molar-refractivity contribution in [2.45, 2.75) is 19.4 Å². The first-order valence-corrected chi connectivity index (χ1v) is 6.26. The number of rotatable bonds is 2. The predicted octanol–water partition coefficient (Wildman–Crippen LogP) is 0.574. The number of likely N-dealkylation sites (N-methyl/N-ethyl adjacent to an activating group) is 2. The summed E-state index contributed by atoms with van der Waals surface area (Å²) in [5.41, 5.74) is 0. The van der Waals surface area contributed by atoms with Crippen molar-refractivity contribution in [2.75, 3.05) is 53.4 Å². The van der Waals surface area contributed by atoms with Crippen molar-refractivity contribution in [3.05, 3.63) is 0 Å². The van der Waals surface area contributed by atoms with Crippen molar-refractivity contribution in [1.82, 2.24) is 14.7 Å². The molecule has 0 saturated carbocycles. The molecule has 2 saturated heterocycles. The summed E-state index contributed by atoms with van der Waals surface area (Å²) in [7, 11) is 4.51. The summed E-state index contributed by atoms with van der Waals surface area (Å²) < 4.78 is 0. The van der Waals surface area contributed by atoms with Crippen LogP contribution in [0.1, 0.15) is 13.3 Å². The number of nitrogens with zero attached hydrogens (tertiary/aromatic N) is 3. The molecule has 0 spiro atoms. The second-order valence-electron chi connectivity index (χ2n) is 5.54. The van der Waals surface area contributed by atoms with E-state index in [4.69, 9.17) is 0 Å². The highest BCUT2D eigenvalue weighted by molar-refractivity contribution is 4.84. The zero-order valence-electron chi connectivity index (χ0n) is 10.4. The minimum Gasteiger partial charge on any atom is -0.304 e. The summed E-state index contributed by atoms with van der Waals surface area (Å²) in [5.74, 6) is 0.896. The standard InChI is InChI=1S/C12H25N3/c1-11-8-12(14(3)9-11)10-15-6-4-13(2)5-7-15/h11-12H,4-10H2,1-3H3. The van der Waals surface area contributed by atoms with Gasteiger partial charge < -0.3 is 9.80 Å². The van der Waals surface area contributed by atoms with Crippen molar-refractivity contribution in [3.8, 4) is 0 Å². The van der Waals surface area contributed by atoms with Gasteiger partial charge in [0.05, 0.1) is 0 Å². The van der Waals surface area contributed by atoms with Crippen LogP contribution in [-0.2, 0) is 0 Å². The van der Waals surface area contributed by atoms with Crippen LogP contribution in [0.2, 0.25) is 0 Å². The molecular weight excluding hydrogens is 186 g/mol. The minimum atomic E-state index is 0.809. The zero-order chi connectivity index (χ0) is 10.8. The SMILES string of the molecule is CC1CC(CN2CCN(C)CC2)N(C)C1. The van der Waals surface area contributed by atoms with Gasteiger partial charge in [-0.25, -0.2) is 0 Å². The Bertz CT molecular complexity index is 199. The fourth-order valence-electron chi connectivity index (χ4n) is 2.90. The van der Waals surface area contributed by atoms with E-state index in [1.54, 1.807) is 0 Å². The van der Waals surface area contributed by atoms with Crippen LogP contribution in [0, 0.1) is 5.92 Å². The first-order valence-electron chi connectivity index (χ1n) is 6.26. The predicted molar refractivity (Wildman–Crippen MR) is 64.1 cm³/mol. The van der Waals surface area contributed by atoms with E-state index in [2.05, 4.69) is 35.7 Å². The third kappa shape index (κ3) is 2.92. The van der Waals surface area contributed by atoms with E-state index in [-0.39, 0.29) is 0 Å². The highest BCUT2D eigenvalue weighted by atomic mass is 15.3. The topological polar surface area (TPSA) is 9.72 Å². The average Bonchev–Trinajstić information content (AvgIpc) is 2.49. The number of likely N-dealkylation sites (tertiary alicyclic amines) is 1. The Morgan fingerprint density at radius 1 is 1.07 bits per heavy atom. The molecule has 2 atom stereocenters. The zero-order valence-corrected chi connectivity index (χ0v) is 10.4. The maximum Gasteiger partial charge on any atom is 0.0223 e. The molecule has 3 heteroatoms. The van der Waals surface area contributed by atoms with E-state index < -0.39 is 0 Å². The van der Waals surface area contributed by atoms with Crippen LogP contribution in [0.5, 0.6) is 0 Å². The van der Waals surface area contributed by atoms with Gasteiger partial charge >= 0.3 is 0 Å². The highest BCUT2D eigenvalue weighted by Crippen LogP contribution is 2.21. The molecule has 2 aliphatic heterocycles. The molecule has 2 unspecified atom stereocenters. The first-order chi connectivity index (χ1) is 7.15. The van der Waals surface area contributed by atoms with Crippen LogP contribution in [0.4, 0.5) is 0 Å². The van der Waals surface area contributed by atoms with Gasteiger partial charge in [-0.1, -0.05) is 6.92 Å². The fourth-order valence-corrected chi connectivity index (χ4v) is 2.90. The van der Waals surface area contributed by atoms with E-state index in [9.17, 15) is 0 Å². The molecule has 0 amide bonds. The molecule has 2 rings (SSSR count). The van der Waals surface area contributed by atoms with Crippen LogP contribution in [0.15, 0.2) is 0 Å². The lowest BCUT2D eigenvalue weighted by molar-refractivity contribution is 0.124. The quantitative estimate of drug-likeness (QED) is 0.661. The van der Waals surface area contributed by atoms with Gasteiger partial charge in [0.2, 0.25) is 0 Å². The molecule has 0 aromatic rings. The Morgan fingerprint density at radius 3 is 2.27 bits per heavy atom. The summed E-state index contributed by atoms with van der Waals surface area (Å²) in [6.45, 7) is 9.95. The summed E-state index contributed by atoms with van der Waals surface area (Å²) >= 11 is 0. The monoisotopic (exact) mass is 211 g/mol. The van der Waals surface area contributed by atoms with Gasteiger partial charge in [0.1, 0.15) is 0 Å². The van der Waals surface area contributed by atoms with E-state index in [0.717, 1.165) is 12.0 Å². The average molecular weight is 211 g/mol. The first kappa shape index (κ1) is 11.4. The molecule has 0 aliphatic carbocycles. The van der Waals surface area contributed by atoms with Crippen LogP contribution in [-0.4, -0.2) is 74.1 Å². The van der Waals surface area contributed by atoms with Crippen LogP contribution in [0.25, 0.3) is 0 Å². The van der Waals surface area contributed by atoms with Crippen LogP contribution < -0.4 is 0 Å². The molecule has 88 valence electrons. The lowest BCUT2D eigenvalue weighted by atomic mass is 10.1. The van der Waals surface area contributed by atoms with Gasteiger partial charge in [0.15, 0.2) is 0 Å². The molecule has 3 nitrogen and oxygen atoms in total. The molecule has 0 bridgehead atoms. The fraction of sp³-hybridized carbons (Fsp3) is 1.00.